The van der Waals surface area contributed by atoms with Crippen LogP contribution >= 0.6 is 22.6 Å². The fourth-order valence-electron chi connectivity index (χ4n) is 1.05. The lowest BCUT2D eigenvalue weighted by atomic mass is 10.1. The van der Waals surface area contributed by atoms with Gasteiger partial charge in [-0.1, -0.05) is 19.1 Å². The van der Waals surface area contributed by atoms with Crippen LogP contribution in [0.15, 0.2) is 18.2 Å². The molecule has 0 aliphatic heterocycles. The van der Waals surface area contributed by atoms with E-state index in [1.165, 1.54) is 0 Å². The summed E-state index contributed by atoms with van der Waals surface area (Å²) in [6.45, 7) is 1.92. The second-order valence-electron chi connectivity index (χ2n) is 2.36. The number of hydrogen-bond donors (Lipinski definition) is 0. The smallest absolute Gasteiger partial charge is 0.258 e. The fraction of sp³-hybridized carbons (Fsp3) is 0.250. The minimum Gasteiger partial charge on any atom is -0.258 e. The number of nitro benzene ring substituents is 1. The lowest BCUT2D eigenvalue weighted by Gasteiger charge is -2.00. The van der Waals surface area contributed by atoms with Gasteiger partial charge in [-0.05, 0) is 35.1 Å². The highest BCUT2D eigenvalue weighted by Crippen LogP contribution is 2.25. The van der Waals surface area contributed by atoms with E-state index in [2.05, 4.69) is 0 Å². The molecule has 1 aromatic rings. The van der Waals surface area contributed by atoms with E-state index in [0.29, 0.717) is 9.99 Å². The number of nitro groups is 1. The first-order valence-corrected chi connectivity index (χ1v) is 4.66. The van der Waals surface area contributed by atoms with Gasteiger partial charge < -0.3 is 0 Å². The van der Waals surface area contributed by atoms with Crippen LogP contribution in [0.4, 0.5) is 5.69 Å². The van der Waals surface area contributed by atoms with Gasteiger partial charge in [0, 0.05) is 5.56 Å². The molecule has 0 saturated heterocycles. The molecule has 0 bridgehead atoms. The predicted octanol–water partition coefficient (Wildman–Crippen LogP) is 2.76. The Morgan fingerprint density at radius 3 is 2.67 bits per heavy atom. The average molecular weight is 277 g/mol. The SMILES string of the molecule is CCc1cccc(I)c1[N+](=O)[O-]. The molecule has 0 aliphatic carbocycles. The molecular formula is C8H8INO2. The van der Waals surface area contributed by atoms with Crippen molar-refractivity contribution in [2.75, 3.05) is 0 Å². The molecule has 0 fully saturated rings. The second kappa shape index (κ2) is 3.84. The van der Waals surface area contributed by atoms with Gasteiger partial charge >= 0.3 is 0 Å². The molecule has 0 N–H and O–H groups in total. The van der Waals surface area contributed by atoms with E-state index in [-0.39, 0.29) is 10.6 Å². The van der Waals surface area contributed by atoms with Crippen LogP contribution in [0, 0.1) is 13.7 Å². The van der Waals surface area contributed by atoms with Gasteiger partial charge in [-0.15, -0.1) is 0 Å². The summed E-state index contributed by atoms with van der Waals surface area (Å²) in [5, 5.41) is 10.6. The molecule has 0 aromatic heterocycles. The highest BCUT2D eigenvalue weighted by Gasteiger charge is 2.15. The van der Waals surface area contributed by atoms with Gasteiger partial charge in [-0.25, -0.2) is 0 Å². The zero-order valence-electron chi connectivity index (χ0n) is 6.58. The molecular weight excluding hydrogens is 269 g/mol. The van der Waals surface area contributed by atoms with Crippen LogP contribution in [-0.4, -0.2) is 4.92 Å². The van der Waals surface area contributed by atoms with E-state index in [4.69, 9.17) is 0 Å². The molecule has 1 aromatic carbocycles. The Kier molecular flexibility index (Phi) is 3.02. The van der Waals surface area contributed by atoms with Crippen molar-refractivity contribution in [3.8, 4) is 0 Å². The molecule has 12 heavy (non-hydrogen) atoms. The number of aryl methyl sites for hydroxylation is 1. The Morgan fingerprint density at radius 1 is 1.58 bits per heavy atom. The minimum atomic E-state index is -0.319. The normalized spacial score (nSPS) is 9.83. The van der Waals surface area contributed by atoms with Crippen LogP contribution in [0.25, 0.3) is 0 Å². The first-order chi connectivity index (χ1) is 5.66. The van der Waals surface area contributed by atoms with E-state index in [1.54, 1.807) is 12.1 Å². The van der Waals surface area contributed by atoms with Gasteiger partial charge in [0.25, 0.3) is 5.69 Å². The quantitative estimate of drug-likeness (QED) is 0.474. The van der Waals surface area contributed by atoms with E-state index >= 15 is 0 Å². The Morgan fingerprint density at radius 2 is 2.25 bits per heavy atom. The standard InChI is InChI=1S/C8H8INO2/c1-2-6-4-3-5-7(9)8(6)10(11)12/h3-5H,2H2,1H3. The van der Waals surface area contributed by atoms with Gasteiger partial charge in [-0.2, -0.15) is 0 Å². The van der Waals surface area contributed by atoms with Crippen molar-refractivity contribution in [1.82, 2.24) is 0 Å². The molecule has 0 radical (unpaired) electrons. The molecule has 1 rings (SSSR count). The average Bonchev–Trinajstić information content (AvgIpc) is 2.03. The second-order valence-corrected chi connectivity index (χ2v) is 3.52. The van der Waals surface area contributed by atoms with Crippen molar-refractivity contribution in [1.29, 1.82) is 0 Å². The first kappa shape index (κ1) is 9.44. The van der Waals surface area contributed by atoms with Crippen LogP contribution in [0.3, 0.4) is 0 Å². The molecule has 4 heteroatoms. The van der Waals surface area contributed by atoms with E-state index < -0.39 is 0 Å². The Hall–Kier alpha value is -0.650. The summed E-state index contributed by atoms with van der Waals surface area (Å²) >= 11 is 1.98. The molecule has 3 nitrogen and oxygen atoms in total. The topological polar surface area (TPSA) is 43.1 Å². The van der Waals surface area contributed by atoms with Gasteiger partial charge in [0.1, 0.15) is 0 Å². The first-order valence-electron chi connectivity index (χ1n) is 3.58. The van der Waals surface area contributed by atoms with Crippen molar-refractivity contribution in [2.24, 2.45) is 0 Å². The lowest BCUT2D eigenvalue weighted by molar-refractivity contribution is -0.386. The summed E-state index contributed by atoms with van der Waals surface area (Å²) in [4.78, 5) is 10.3. The summed E-state index contributed by atoms with van der Waals surface area (Å²) in [5.74, 6) is 0. The van der Waals surface area contributed by atoms with Crippen molar-refractivity contribution >= 4 is 28.3 Å². The lowest BCUT2D eigenvalue weighted by Crippen LogP contribution is -1.96. The monoisotopic (exact) mass is 277 g/mol. The maximum absolute atomic E-state index is 10.6. The highest BCUT2D eigenvalue weighted by molar-refractivity contribution is 14.1. The third-order valence-corrected chi connectivity index (χ3v) is 2.50. The number of hydrogen-bond acceptors (Lipinski definition) is 2. The van der Waals surface area contributed by atoms with Gasteiger partial charge in [0.15, 0.2) is 0 Å². The summed E-state index contributed by atoms with van der Waals surface area (Å²) in [5.41, 5.74) is 1.05. The maximum Gasteiger partial charge on any atom is 0.285 e. The largest absolute Gasteiger partial charge is 0.285 e. The third-order valence-electron chi connectivity index (χ3n) is 1.63. The number of halogens is 1. The summed E-state index contributed by atoms with van der Waals surface area (Å²) in [6, 6.07) is 5.38. The predicted molar refractivity (Wildman–Crippen MR) is 55.2 cm³/mol. The maximum atomic E-state index is 10.6. The summed E-state index contributed by atoms with van der Waals surface area (Å²) < 4.78 is 0.706. The fourth-order valence-corrected chi connectivity index (χ4v) is 1.80. The van der Waals surface area contributed by atoms with Crippen LogP contribution in [0.5, 0.6) is 0 Å². The molecule has 64 valence electrons. The van der Waals surface area contributed by atoms with Crippen LogP contribution in [-0.2, 0) is 6.42 Å². The van der Waals surface area contributed by atoms with Crippen LogP contribution in [0.2, 0.25) is 0 Å². The zero-order valence-corrected chi connectivity index (χ0v) is 8.74. The molecule has 0 spiro atoms. The van der Waals surface area contributed by atoms with Gasteiger partial charge in [0.05, 0.1) is 8.49 Å². The van der Waals surface area contributed by atoms with E-state index in [0.717, 1.165) is 5.56 Å². The molecule has 0 amide bonds. The Balaban J connectivity index is 3.29. The van der Waals surface area contributed by atoms with Crippen LogP contribution in [0.1, 0.15) is 12.5 Å². The molecule has 0 unspecified atom stereocenters. The molecule has 0 aliphatic rings. The summed E-state index contributed by atoms with van der Waals surface area (Å²) in [6.07, 6.45) is 0.702. The summed E-state index contributed by atoms with van der Waals surface area (Å²) in [7, 11) is 0. The van der Waals surface area contributed by atoms with Gasteiger partial charge in [0.2, 0.25) is 0 Å². The Labute approximate surface area is 84.1 Å². The van der Waals surface area contributed by atoms with Gasteiger partial charge in [-0.3, -0.25) is 10.1 Å². The number of para-hydroxylation sites is 1. The Bertz CT molecular complexity index is 312. The van der Waals surface area contributed by atoms with E-state index in [9.17, 15) is 10.1 Å². The number of nitrogens with zero attached hydrogens (tertiary/aromatic N) is 1. The molecule has 0 saturated carbocycles. The minimum absolute atomic E-state index is 0.251. The van der Waals surface area contributed by atoms with Crippen LogP contribution < -0.4 is 0 Å². The van der Waals surface area contributed by atoms with Crippen molar-refractivity contribution in [3.63, 3.8) is 0 Å². The number of benzene rings is 1. The zero-order chi connectivity index (χ0) is 9.14. The van der Waals surface area contributed by atoms with Crippen molar-refractivity contribution < 1.29 is 4.92 Å². The highest BCUT2D eigenvalue weighted by atomic mass is 127. The third kappa shape index (κ3) is 1.74. The number of rotatable bonds is 2. The molecule has 0 heterocycles. The van der Waals surface area contributed by atoms with E-state index in [1.807, 2.05) is 35.6 Å². The van der Waals surface area contributed by atoms with Crippen molar-refractivity contribution in [2.45, 2.75) is 13.3 Å². The molecule has 0 atom stereocenters. The van der Waals surface area contributed by atoms with Crippen molar-refractivity contribution in [3.05, 3.63) is 37.4 Å².